The van der Waals surface area contributed by atoms with Crippen LogP contribution in [0.15, 0.2) is 21.5 Å². The summed E-state index contributed by atoms with van der Waals surface area (Å²) >= 11 is 3.44. The van der Waals surface area contributed by atoms with E-state index in [1.165, 1.54) is 4.57 Å². The summed E-state index contributed by atoms with van der Waals surface area (Å²) in [6.07, 6.45) is 6.29. The van der Waals surface area contributed by atoms with Crippen LogP contribution < -0.4 is 15.6 Å². The molecular weight excluding hydrogens is 296 g/mol. The Morgan fingerprint density at radius 2 is 2.06 bits per heavy atom. The smallest absolute Gasteiger partial charge is 0.254 e. The highest BCUT2D eigenvalue weighted by atomic mass is 79.9. The van der Waals surface area contributed by atoms with Gasteiger partial charge in [-0.3, -0.25) is 4.79 Å². The van der Waals surface area contributed by atoms with Gasteiger partial charge in [-0.2, -0.15) is 0 Å². The van der Waals surface area contributed by atoms with Crippen LogP contribution >= 0.6 is 15.9 Å². The number of pyridine rings is 1. The van der Waals surface area contributed by atoms with Gasteiger partial charge in [-0.1, -0.05) is 0 Å². The minimum Gasteiger partial charge on any atom is -0.489 e. The van der Waals surface area contributed by atoms with Crippen molar-refractivity contribution in [3.05, 3.63) is 27.1 Å². The highest BCUT2D eigenvalue weighted by Crippen LogP contribution is 2.28. The van der Waals surface area contributed by atoms with Crippen molar-refractivity contribution in [2.45, 2.75) is 37.8 Å². The molecule has 0 saturated heterocycles. The summed E-state index contributed by atoms with van der Waals surface area (Å²) in [6.45, 7) is 0. The van der Waals surface area contributed by atoms with Crippen LogP contribution in [0.25, 0.3) is 0 Å². The van der Waals surface area contributed by atoms with E-state index in [1.54, 1.807) is 19.3 Å². The molecule has 1 N–H and O–H groups in total. The van der Waals surface area contributed by atoms with Crippen LogP contribution in [0.5, 0.6) is 5.75 Å². The first-order valence-electron chi connectivity index (χ1n) is 6.30. The second-order valence-corrected chi connectivity index (χ2v) is 5.67. The van der Waals surface area contributed by atoms with Gasteiger partial charge in [0.15, 0.2) is 0 Å². The first-order chi connectivity index (χ1) is 8.60. The van der Waals surface area contributed by atoms with Crippen molar-refractivity contribution in [1.82, 2.24) is 9.88 Å². The van der Waals surface area contributed by atoms with Gasteiger partial charge < -0.3 is 14.6 Å². The fourth-order valence-corrected chi connectivity index (χ4v) is 2.83. The Kier molecular flexibility index (Phi) is 4.45. The highest BCUT2D eigenvalue weighted by Gasteiger charge is 2.22. The lowest BCUT2D eigenvalue weighted by Crippen LogP contribution is -2.34. The van der Waals surface area contributed by atoms with Gasteiger partial charge in [0.2, 0.25) is 0 Å². The molecule has 0 radical (unpaired) electrons. The fourth-order valence-electron chi connectivity index (χ4n) is 2.32. The summed E-state index contributed by atoms with van der Waals surface area (Å²) in [4.78, 5) is 11.6. The van der Waals surface area contributed by atoms with Crippen LogP contribution in [0.4, 0.5) is 0 Å². The van der Waals surface area contributed by atoms with Gasteiger partial charge >= 0.3 is 0 Å². The van der Waals surface area contributed by atoms with Gasteiger partial charge in [-0.05, 0) is 48.7 Å². The number of ether oxygens (including phenoxy) is 1. The number of aryl methyl sites for hydroxylation is 1. The number of hydrogen-bond donors (Lipinski definition) is 1. The second kappa shape index (κ2) is 5.89. The van der Waals surface area contributed by atoms with Crippen LogP contribution in [-0.2, 0) is 7.05 Å². The van der Waals surface area contributed by atoms with E-state index < -0.39 is 0 Å². The molecule has 4 nitrogen and oxygen atoms in total. The third kappa shape index (κ3) is 3.14. The van der Waals surface area contributed by atoms with Gasteiger partial charge in [-0.15, -0.1) is 0 Å². The molecule has 2 rings (SSSR count). The lowest BCUT2D eigenvalue weighted by Gasteiger charge is -2.29. The number of nitrogens with zero attached hydrogens (tertiary/aromatic N) is 1. The molecule has 1 heterocycles. The molecule has 1 aliphatic carbocycles. The maximum Gasteiger partial charge on any atom is 0.254 e. The maximum atomic E-state index is 11.6. The molecule has 1 aliphatic rings. The van der Waals surface area contributed by atoms with Gasteiger partial charge in [0, 0.05) is 25.4 Å². The Bertz CT molecular complexity index is 465. The fraction of sp³-hybridized carbons (Fsp3) is 0.615. The van der Waals surface area contributed by atoms with Crippen molar-refractivity contribution in [2.24, 2.45) is 7.05 Å². The molecule has 18 heavy (non-hydrogen) atoms. The molecule has 0 aliphatic heterocycles. The minimum atomic E-state index is -0.0443. The molecule has 0 spiro atoms. The standard InChI is InChI=1S/C13H19BrN2O2/c1-15-9-3-5-10(6-4-9)18-12-7-13(17)16(2)8-11(12)14/h7-10,15H,3-6H2,1-2H3. The zero-order chi connectivity index (χ0) is 13.1. The van der Waals surface area contributed by atoms with E-state index in [-0.39, 0.29) is 11.7 Å². The summed E-state index contributed by atoms with van der Waals surface area (Å²) in [7, 11) is 3.73. The Morgan fingerprint density at radius 3 is 2.67 bits per heavy atom. The SMILES string of the molecule is CNC1CCC(Oc2cc(=O)n(C)cc2Br)CC1. The quantitative estimate of drug-likeness (QED) is 0.928. The predicted molar refractivity (Wildman–Crippen MR) is 75.1 cm³/mol. The van der Waals surface area contributed by atoms with Crippen molar-refractivity contribution in [2.75, 3.05) is 7.05 Å². The number of aromatic nitrogens is 1. The summed E-state index contributed by atoms with van der Waals surface area (Å²) in [5.41, 5.74) is -0.0443. The maximum absolute atomic E-state index is 11.6. The second-order valence-electron chi connectivity index (χ2n) is 4.81. The van der Waals surface area contributed by atoms with Crippen molar-refractivity contribution in [3.63, 3.8) is 0 Å². The Hall–Kier alpha value is -0.810. The molecule has 0 unspecified atom stereocenters. The lowest BCUT2D eigenvalue weighted by molar-refractivity contribution is 0.140. The van der Waals surface area contributed by atoms with E-state index >= 15 is 0 Å². The highest BCUT2D eigenvalue weighted by molar-refractivity contribution is 9.10. The molecule has 0 bridgehead atoms. The van der Waals surface area contributed by atoms with E-state index in [0.717, 1.165) is 30.2 Å². The Morgan fingerprint density at radius 1 is 1.39 bits per heavy atom. The minimum absolute atomic E-state index is 0.0443. The van der Waals surface area contributed by atoms with E-state index in [2.05, 4.69) is 21.2 Å². The van der Waals surface area contributed by atoms with Crippen molar-refractivity contribution in [1.29, 1.82) is 0 Å². The number of nitrogens with one attached hydrogen (secondary N) is 1. The summed E-state index contributed by atoms with van der Waals surface area (Å²) in [5.74, 6) is 0.658. The van der Waals surface area contributed by atoms with Crippen LogP contribution in [0, 0.1) is 0 Å². The average molecular weight is 315 g/mol. The summed E-state index contributed by atoms with van der Waals surface area (Å²) in [6, 6.07) is 2.16. The molecule has 100 valence electrons. The van der Waals surface area contributed by atoms with Crippen LogP contribution in [0.3, 0.4) is 0 Å². The van der Waals surface area contributed by atoms with Crippen molar-refractivity contribution in [3.8, 4) is 5.75 Å². The molecule has 1 saturated carbocycles. The Balaban J connectivity index is 2.02. The third-order valence-corrected chi connectivity index (χ3v) is 4.12. The molecule has 1 aromatic rings. The van der Waals surface area contributed by atoms with Gasteiger partial charge in [0.1, 0.15) is 5.75 Å². The van der Waals surface area contributed by atoms with Crippen LogP contribution in [-0.4, -0.2) is 23.8 Å². The molecule has 5 heteroatoms. The van der Waals surface area contributed by atoms with E-state index in [1.807, 2.05) is 7.05 Å². The lowest BCUT2D eigenvalue weighted by atomic mass is 9.93. The van der Waals surface area contributed by atoms with Crippen molar-refractivity contribution >= 4 is 15.9 Å². The van der Waals surface area contributed by atoms with Gasteiger partial charge in [-0.25, -0.2) is 0 Å². The van der Waals surface area contributed by atoms with E-state index in [4.69, 9.17) is 4.74 Å². The largest absolute Gasteiger partial charge is 0.489 e. The van der Waals surface area contributed by atoms with Crippen LogP contribution in [0.1, 0.15) is 25.7 Å². The topological polar surface area (TPSA) is 43.3 Å². The molecule has 0 aromatic carbocycles. The van der Waals surface area contributed by atoms with Gasteiger partial charge in [0.25, 0.3) is 5.56 Å². The first-order valence-corrected chi connectivity index (χ1v) is 7.09. The summed E-state index contributed by atoms with van der Waals surface area (Å²) in [5, 5.41) is 3.30. The zero-order valence-electron chi connectivity index (χ0n) is 10.8. The van der Waals surface area contributed by atoms with Crippen LogP contribution in [0.2, 0.25) is 0 Å². The van der Waals surface area contributed by atoms with E-state index in [0.29, 0.717) is 11.8 Å². The molecule has 0 atom stereocenters. The summed E-state index contributed by atoms with van der Waals surface area (Å²) < 4.78 is 8.30. The molecular formula is C13H19BrN2O2. The third-order valence-electron chi connectivity index (χ3n) is 3.52. The Labute approximate surface area is 115 Å². The first kappa shape index (κ1) is 13.6. The number of halogens is 1. The zero-order valence-corrected chi connectivity index (χ0v) is 12.4. The number of rotatable bonds is 3. The molecule has 0 amide bonds. The average Bonchev–Trinajstić information content (AvgIpc) is 2.37. The van der Waals surface area contributed by atoms with Crippen molar-refractivity contribution < 1.29 is 4.74 Å². The van der Waals surface area contributed by atoms with Gasteiger partial charge in [0.05, 0.1) is 10.6 Å². The van der Waals surface area contributed by atoms with E-state index in [9.17, 15) is 4.79 Å². The monoisotopic (exact) mass is 314 g/mol. The number of hydrogen-bond acceptors (Lipinski definition) is 3. The molecule has 1 fully saturated rings. The normalized spacial score (nSPS) is 23.9. The molecule has 1 aromatic heterocycles. The predicted octanol–water partition coefficient (Wildman–Crippen LogP) is 2.06.